The summed E-state index contributed by atoms with van der Waals surface area (Å²) in [5.41, 5.74) is -0.508. The first-order valence-electron chi connectivity index (χ1n) is 7.14. The van der Waals surface area contributed by atoms with Gasteiger partial charge >= 0.3 is 6.29 Å². The summed E-state index contributed by atoms with van der Waals surface area (Å²) in [7, 11) is 3.45. The molecule has 1 aliphatic heterocycles. The number of ether oxygens (including phenoxy) is 2. The standard InChI is InChI=1S/C16H13F2N3O4/c1-20(2)7-5-11(22)15-12(23)6-8-21(19-15)10-3-4-13-14(9-10)25-16(17,18)24-13/h3-9H,1-2H3/b7-5+. The van der Waals surface area contributed by atoms with Gasteiger partial charge in [-0.25, -0.2) is 4.68 Å². The number of ketones is 1. The number of hydrogen-bond donors (Lipinski definition) is 0. The molecule has 25 heavy (non-hydrogen) atoms. The number of halogens is 2. The zero-order chi connectivity index (χ0) is 18.2. The van der Waals surface area contributed by atoms with Crippen molar-refractivity contribution in [3.05, 3.63) is 58.7 Å². The molecule has 0 saturated heterocycles. The van der Waals surface area contributed by atoms with Crippen LogP contribution in [0.15, 0.2) is 47.5 Å². The van der Waals surface area contributed by atoms with E-state index in [2.05, 4.69) is 14.6 Å². The summed E-state index contributed by atoms with van der Waals surface area (Å²) in [5.74, 6) is -0.844. The van der Waals surface area contributed by atoms with Crippen molar-refractivity contribution in [2.24, 2.45) is 0 Å². The van der Waals surface area contributed by atoms with Crippen LogP contribution in [0.1, 0.15) is 10.5 Å². The minimum absolute atomic E-state index is 0.111. The summed E-state index contributed by atoms with van der Waals surface area (Å²) in [5, 5.41) is 3.98. The fourth-order valence-electron chi connectivity index (χ4n) is 2.10. The molecule has 0 unspecified atom stereocenters. The molecular weight excluding hydrogens is 336 g/mol. The fourth-order valence-corrected chi connectivity index (χ4v) is 2.10. The highest BCUT2D eigenvalue weighted by molar-refractivity contribution is 6.02. The zero-order valence-electron chi connectivity index (χ0n) is 13.3. The van der Waals surface area contributed by atoms with Crippen LogP contribution in [0.5, 0.6) is 11.5 Å². The predicted molar refractivity (Wildman–Crippen MR) is 83.2 cm³/mol. The van der Waals surface area contributed by atoms with Crippen molar-refractivity contribution >= 4 is 5.78 Å². The average molecular weight is 349 g/mol. The van der Waals surface area contributed by atoms with E-state index in [0.29, 0.717) is 5.69 Å². The van der Waals surface area contributed by atoms with E-state index in [4.69, 9.17) is 0 Å². The number of allylic oxidation sites excluding steroid dienone is 1. The van der Waals surface area contributed by atoms with Crippen molar-refractivity contribution in [3.8, 4) is 17.2 Å². The van der Waals surface area contributed by atoms with Gasteiger partial charge in [0, 0.05) is 44.7 Å². The van der Waals surface area contributed by atoms with E-state index in [0.717, 1.165) is 0 Å². The van der Waals surface area contributed by atoms with Crippen molar-refractivity contribution in [1.29, 1.82) is 0 Å². The van der Waals surface area contributed by atoms with Gasteiger partial charge in [-0.1, -0.05) is 0 Å². The Bertz CT molecular complexity index is 922. The molecule has 2 heterocycles. The van der Waals surface area contributed by atoms with Crippen molar-refractivity contribution in [3.63, 3.8) is 0 Å². The maximum atomic E-state index is 13.1. The Balaban J connectivity index is 1.96. The van der Waals surface area contributed by atoms with Gasteiger partial charge in [0.2, 0.25) is 11.2 Å². The second kappa shape index (κ2) is 6.00. The first-order chi connectivity index (χ1) is 11.7. The van der Waals surface area contributed by atoms with E-state index in [1.165, 1.54) is 47.4 Å². The van der Waals surface area contributed by atoms with Crippen LogP contribution in [0.25, 0.3) is 5.69 Å². The Morgan fingerprint density at radius 3 is 2.68 bits per heavy atom. The molecule has 0 aliphatic carbocycles. The maximum absolute atomic E-state index is 13.1. The van der Waals surface area contributed by atoms with Crippen LogP contribution in [-0.2, 0) is 0 Å². The number of benzene rings is 1. The summed E-state index contributed by atoms with van der Waals surface area (Å²) in [4.78, 5) is 25.6. The summed E-state index contributed by atoms with van der Waals surface area (Å²) >= 11 is 0. The van der Waals surface area contributed by atoms with Crippen molar-refractivity contribution < 1.29 is 23.0 Å². The zero-order valence-corrected chi connectivity index (χ0v) is 13.3. The number of fused-ring (bicyclic) bond motifs is 1. The molecule has 1 aliphatic rings. The lowest BCUT2D eigenvalue weighted by molar-refractivity contribution is -0.286. The minimum Gasteiger partial charge on any atom is -0.395 e. The third-order valence-corrected chi connectivity index (χ3v) is 3.22. The second-order valence-electron chi connectivity index (χ2n) is 5.42. The summed E-state index contributed by atoms with van der Waals surface area (Å²) in [6.45, 7) is 0. The molecule has 0 spiro atoms. The Labute approximate surface area is 140 Å². The van der Waals surface area contributed by atoms with Gasteiger partial charge in [-0.2, -0.15) is 5.10 Å². The second-order valence-corrected chi connectivity index (χ2v) is 5.42. The molecule has 1 aromatic heterocycles. The molecule has 0 atom stereocenters. The molecule has 0 radical (unpaired) electrons. The van der Waals surface area contributed by atoms with Crippen LogP contribution in [0.2, 0.25) is 0 Å². The van der Waals surface area contributed by atoms with Gasteiger partial charge in [-0.3, -0.25) is 9.59 Å². The molecule has 3 rings (SSSR count). The van der Waals surface area contributed by atoms with Gasteiger partial charge in [-0.05, 0) is 12.1 Å². The van der Waals surface area contributed by atoms with E-state index in [-0.39, 0.29) is 17.2 Å². The number of hydrogen-bond acceptors (Lipinski definition) is 6. The number of aromatic nitrogens is 2. The number of rotatable bonds is 4. The van der Waals surface area contributed by atoms with Crippen molar-refractivity contribution in [2.75, 3.05) is 14.1 Å². The molecule has 9 heteroatoms. The molecule has 2 aromatic rings. The third-order valence-electron chi connectivity index (χ3n) is 3.22. The van der Waals surface area contributed by atoms with E-state index in [1.54, 1.807) is 19.0 Å². The van der Waals surface area contributed by atoms with E-state index >= 15 is 0 Å². The van der Waals surface area contributed by atoms with E-state index < -0.39 is 17.5 Å². The lowest BCUT2D eigenvalue weighted by atomic mass is 10.2. The van der Waals surface area contributed by atoms with Crippen LogP contribution in [0.4, 0.5) is 8.78 Å². The Hall–Kier alpha value is -3.23. The molecule has 0 saturated carbocycles. The lowest BCUT2D eigenvalue weighted by Gasteiger charge is -2.07. The van der Waals surface area contributed by atoms with Crippen molar-refractivity contribution in [1.82, 2.24) is 14.7 Å². The fraction of sp³-hybridized carbons (Fsp3) is 0.188. The highest BCUT2D eigenvalue weighted by Crippen LogP contribution is 2.41. The summed E-state index contributed by atoms with van der Waals surface area (Å²) in [6, 6.07) is 5.18. The van der Waals surface area contributed by atoms with Crippen molar-refractivity contribution in [2.45, 2.75) is 6.29 Å². The molecule has 7 nitrogen and oxygen atoms in total. The molecule has 0 fully saturated rings. The third kappa shape index (κ3) is 3.49. The molecule has 1 aromatic carbocycles. The normalized spacial score (nSPS) is 14.7. The van der Waals surface area contributed by atoms with E-state index in [1.807, 2.05) is 0 Å². The van der Waals surface area contributed by atoms with Gasteiger partial charge in [-0.15, -0.1) is 8.78 Å². The smallest absolute Gasteiger partial charge is 0.395 e. The Kier molecular flexibility index (Phi) is 3.99. The minimum atomic E-state index is -3.73. The highest BCUT2D eigenvalue weighted by Gasteiger charge is 2.43. The predicted octanol–water partition coefficient (Wildman–Crippen LogP) is 1.81. The number of carbonyl (C=O) groups excluding carboxylic acids is 1. The monoisotopic (exact) mass is 349 g/mol. The van der Waals surface area contributed by atoms with Crippen LogP contribution < -0.4 is 14.9 Å². The van der Waals surface area contributed by atoms with Crippen LogP contribution in [-0.4, -0.2) is 40.9 Å². The van der Waals surface area contributed by atoms with Gasteiger partial charge in [0.05, 0.1) is 5.69 Å². The number of carbonyl (C=O) groups is 1. The average Bonchev–Trinajstić information content (AvgIpc) is 2.85. The maximum Gasteiger partial charge on any atom is 0.586 e. The van der Waals surface area contributed by atoms with Crippen LogP contribution in [0.3, 0.4) is 0 Å². The quantitative estimate of drug-likeness (QED) is 0.619. The molecular formula is C16H13F2N3O4. The first kappa shape index (κ1) is 16.6. The van der Waals surface area contributed by atoms with Gasteiger partial charge in [0.15, 0.2) is 17.2 Å². The highest BCUT2D eigenvalue weighted by atomic mass is 19.3. The van der Waals surface area contributed by atoms with Crippen LogP contribution in [0, 0.1) is 0 Å². The lowest BCUT2D eigenvalue weighted by Crippen LogP contribution is -2.25. The number of nitrogens with zero attached hydrogens (tertiary/aromatic N) is 3. The first-order valence-corrected chi connectivity index (χ1v) is 7.14. The van der Waals surface area contributed by atoms with Gasteiger partial charge in [0.1, 0.15) is 0 Å². The van der Waals surface area contributed by atoms with Gasteiger partial charge < -0.3 is 14.4 Å². The molecule has 130 valence electrons. The Morgan fingerprint density at radius 1 is 1.24 bits per heavy atom. The molecule has 0 bridgehead atoms. The number of alkyl halides is 2. The largest absolute Gasteiger partial charge is 0.586 e. The summed E-state index contributed by atoms with van der Waals surface area (Å²) < 4.78 is 36.1. The summed E-state index contributed by atoms with van der Waals surface area (Å²) in [6.07, 6.45) is 0.304. The molecule has 0 amide bonds. The van der Waals surface area contributed by atoms with E-state index in [9.17, 15) is 18.4 Å². The van der Waals surface area contributed by atoms with Crippen LogP contribution >= 0.6 is 0 Å². The Morgan fingerprint density at radius 2 is 1.96 bits per heavy atom. The SMILES string of the molecule is CN(C)/C=C/C(=O)c1nn(-c2ccc3c(c2)OC(F)(F)O3)ccc1=O. The van der Waals surface area contributed by atoms with Gasteiger partial charge in [0.25, 0.3) is 0 Å². The molecule has 0 N–H and O–H groups in total. The topological polar surface area (TPSA) is 73.7 Å².